The summed E-state index contributed by atoms with van der Waals surface area (Å²) in [5.41, 5.74) is 5.25. The Morgan fingerprint density at radius 2 is 2.24 bits per heavy atom. The van der Waals surface area contributed by atoms with Crippen molar-refractivity contribution in [1.82, 2.24) is 9.97 Å². The van der Waals surface area contributed by atoms with Crippen LogP contribution in [0.4, 0.5) is 11.5 Å². The van der Waals surface area contributed by atoms with Crippen LogP contribution < -0.4 is 16.6 Å². The van der Waals surface area contributed by atoms with E-state index < -0.39 is 6.10 Å². The number of aliphatic hydroxyl groups excluding tert-OH is 1. The zero-order valence-corrected chi connectivity index (χ0v) is 10.4. The van der Waals surface area contributed by atoms with Gasteiger partial charge in [-0.3, -0.25) is 4.79 Å². The highest BCUT2D eigenvalue weighted by molar-refractivity contribution is 5.58. The van der Waals surface area contributed by atoms with Gasteiger partial charge in [0.1, 0.15) is 5.69 Å². The fourth-order valence-electron chi connectivity index (χ4n) is 1.54. The van der Waals surface area contributed by atoms with Crippen LogP contribution in [0.1, 0.15) is 27.2 Å². The molecule has 0 saturated carbocycles. The standard InChI is InChI=1S/C11H20N4O2/c1-11(2,3)4-7(16)5-13-9-8(12)10(17)15-6-14-9/h6-7,16H,4-5,12H2,1-3H3,(H2,13,14,15,17). The number of H-pyrrole nitrogens is 1. The normalized spacial score (nSPS) is 13.4. The number of aromatic nitrogens is 2. The molecule has 0 spiro atoms. The number of nitrogens with zero attached hydrogens (tertiary/aromatic N) is 1. The first-order valence-corrected chi connectivity index (χ1v) is 5.55. The van der Waals surface area contributed by atoms with Gasteiger partial charge in [-0.15, -0.1) is 0 Å². The van der Waals surface area contributed by atoms with Crippen molar-refractivity contribution in [3.63, 3.8) is 0 Å². The van der Waals surface area contributed by atoms with Gasteiger partial charge in [-0.2, -0.15) is 0 Å². The SMILES string of the molecule is CC(C)(C)CC(O)CNc1nc[nH]c(=O)c1N. The van der Waals surface area contributed by atoms with Crippen molar-refractivity contribution in [2.24, 2.45) is 5.41 Å². The molecule has 0 radical (unpaired) electrons. The van der Waals surface area contributed by atoms with E-state index in [2.05, 4.69) is 36.1 Å². The van der Waals surface area contributed by atoms with Crippen molar-refractivity contribution < 1.29 is 5.11 Å². The molecule has 0 fully saturated rings. The predicted octanol–water partition coefficient (Wildman–Crippen LogP) is 0.561. The summed E-state index contributed by atoms with van der Waals surface area (Å²) >= 11 is 0. The zero-order chi connectivity index (χ0) is 13.1. The van der Waals surface area contributed by atoms with Crippen LogP contribution in [-0.4, -0.2) is 27.7 Å². The van der Waals surface area contributed by atoms with Gasteiger partial charge in [0.15, 0.2) is 5.82 Å². The summed E-state index contributed by atoms with van der Waals surface area (Å²) in [6, 6.07) is 0. The highest BCUT2D eigenvalue weighted by Gasteiger charge is 2.17. The lowest BCUT2D eigenvalue weighted by atomic mass is 9.89. The number of aromatic amines is 1. The third-order valence-corrected chi connectivity index (χ3v) is 2.24. The minimum Gasteiger partial charge on any atom is -0.391 e. The van der Waals surface area contributed by atoms with Crippen LogP contribution in [-0.2, 0) is 0 Å². The Bertz CT molecular complexity index is 422. The molecule has 5 N–H and O–H groups in total. The first-order chi connectivity index (χ1) is 7.79. The number of nitrogens with one attached hydrogen (secondary N) is 2. The monoisotopic (exact) mass is 240 g/mol. The van der Waals surface area contributed by atoms with Gasteiger partial charge < -0.3 is 21.1 Å². The molecule has 0 aliphatic rings. The fourth-order valence-corrected chi connectivity index (χ4v) is 1.54. The molecule has 0 aromatic carbocycles. The number of anilines is 2. The van der Waals surface area contributed by atoms with E-state index in [4.69, 9.17) is 5.73 Å². The van der Waals surface area contributed by atoms with Crippen LogP contribution in [0.2, 0.25) is 0 Å². The third kappa shape index (κ3) is 4.44. The fraction of sp³-hybridized carbons (Fsp3) is 0.636. The second-order valence-corrected chi connectivity index (χ2v) is 5.29. The maximum Gasteiger partial charge on any atom is 0.276 e. The van der Waals surface area contributed by atoms with Crippen LogP contribution >= 0.6 is 0 Å². The molecule has 0 aliphatic carbocycles. The van der Waals surface area contributed by atoms with Crippen molar-refractivity contribution in [3.05, 3.63) is 16.7 Å². The Balaban J connectivity index is 2.56. The third-order valence-electron chi connectivity index (χ3n) is 2.24. The number of hydrogen-bond donors (Lipinski definition) is 4. The van der Waals surface area contributed by atoms with Crippen LogP contribution in [0.15, 0.2) is 11.1 Å². The van der Waals surface area contributed by atoms with Gasteiger partial charge in [-0.1, -0.05) is 20.8 Å². The Hall–Kier alpha value is -1.56. The van der Waals surface area contributed by atoms with Crippen LogP contribution in [0.3, 0.4) is 0 Å². The molecule has 0 saturated heterocycles. The summed E-state index contributed by atoms with van der Waals surface area (Å²) in [6.45, 7) is 6.47. The maximum atomic E-state index is 11.2. The van der Waals surface area contributed by atoms with Crippen molar-refractivity contribution in [1.29, 1.82) is 0 Å². The van der Waals surface area contributed by atoms with E-state index in [1.807, 2.05) is 0 Å². The van der Waals surface area contributed by atoms with Gasteiger partial charge >= 0.3 is 0 Å². The summed E-state index contributed by atoms with van der Waals surface area (Å²) in [6.07, 6.45) is 1.43. The molecule has 1 unspecified atom stereocenters. The van der Waals surface area contributed by atoms with E-state index in [-0.39, 0.29) is 16.7 Å². The molecule has 96 valence electrons. The highest BCUT2D eigenvalue weighted by atomic mass is 16.3. The molecule has 1 aromatic heterocycles. The first-order valence-electron chi connectivity index (χ1n) is 5.55. The van der Waals surface area contributed by atoms with Crippen LogP contribution in [0.5, 0.6) is 0 Å². The van der Waals surface area contributed by atoms with Gasteiger partial charge in [0.05, 0.1) is 12.4 Å². The summed E-state index contributed by atoms with van der Waals surface area (Å²) in [5.74, 6) is 0.307. The van der Waals surface area contributed by atoms with Gasteiger partial charge in [-0.05, 0) is 11.8 Å². The number of nitrogens with two attached hydrogens (primary N) is 1. The lowest BCUT2D eigenvalue weighted by Crippen LogP contribution is -2.26. The lowest BCUT2D eigenvalue weighted by molar-refractivity contribution is 0.132. The lowest BCUT2D eigenvalue weighted by Gasteiger charge is -2.22. The summed E-state index contributed by atoms with van der Waals surface area (Å²) < 4.78 is 0. The molecule has 6 heteroatoms. The average Bonchev–Trinajstić information content (AvgIpc) is 2.18. The number of rotatable bonds is 4. The van der Waals surface area contributed by atoms with Crippen LogP contribution in [0, 0.1) is 5.41 Å². The van der Waals surface area contributed by atoms with Crippen LogP contribution in [0.25, 0.3) is 0 Å². The van der Waals surface area contributed by atoms with Crippen molar-refractivity contribution in [3.8, 4) is 0 Å². The summed E-state index contributed by atoms with van der Waals surface area (Å²) in [5, 5.41) is 12.7. The van der Waals surface area contributed by atoms with Gasteiger partial charge in [-0.25, -0.2) is 4.98 Å². The molecule has 0 amide bonds. The summed E-state index contributed by atoms with van der Waals surface area (Å²) in [7, 11) is 0. The van der Waals surface area contributed by atoms with Crippen molar-refractivity contribution >= 4 is 11.5 Å². The molecular weight excluding hydrogens is 220 g/mol. The number of hydrogen-bond acceptors (Lipinski definition) is 5. The Kier molecular flexibility index (Phi) is 4.11. The van der Waals surface area contributed by atoms with Gasteiger partial charge in [0.2, 0.25) is 0 Å². The maximum absolute atomic E-state index is 11.2. The topological polar surface area (TPSA) is 104 Å². The molecule has 0 bridgehead atoms. The zero-order valence-electron chi connectivity index (χ0n) is 10.4. The Morgan fingerprint density at radius 3 is 2.82 bits per heavy atom. The Labute approximate surface area is 100 Å². The van der Waals surface area contributed by atoms with Crippen molar-refractivity contribution in [2.45, 2.75) is 33.3 Å². The second-order valence-electron chi connectivity index (χ2n) is 5.29. The molecule has 1 rings (SSSR count). The second kappa shape index (κ2) is 5.18. The average molecular weight is 240 g/mol. The molecule has 1 aromatic rings. The molecule has 6 nitrogen and oxygen atoms in total. The molecule has 1 atom stereocenters. The minimum absolute atomic E-state index is 0.0375. The number of nitrogen functional groups attached to an aromatic ring is 1. The van der Waals surface area contributed by atoms with Crippen molar-refractivity contribution in [2.75, 3.05) is 17.6 Å². The summed E-state index contributed by atoms with van der Waals surface area (Å²) in [4.78, 5) is 17.5. The predicted molar refractivity (Wildman–Crippen MR) is 67.8 cm³/mol. The first kappa shape index (κ1) is 13.5. The van der Waals surface area contributed by atoms with E-state index in [1.165, 1.54) is 6.33 Å². The molecular formula is C11H20N4O2. The number of aliphatic hydroxyl groups is 1. The molecule has 1 heterocycles. The van der Waals surface area contributed by atoms with Gasteiger partial charge in [0.25, 0.3) is 5.56 Å². The smallest absolute Gasteiger partial charge is 0.276 e. The minimum atomic E-state index is -0.504. The largest absolute Gasteiger partial charge is 0.391 e. The Morgan fingerprint density at radius 1 is 1.59 bits per heavy atom. The van der Waals surface area contributed by atoms with Gasteiger partial charge in [0, 0.05) is 6.54 Å². The highest BCUT2D eigenvalue weighted by Crippen LogP contribution is 2.21. The van der Waals surface area contributed by atoms with E-state index in [0.717, 1.165) is 0 Å². The van der Waals surface area contributed by atoms with E-state index in [0.29, 0.717) is 18.8 Å². The molecule has 17 heavy (non-hydrogen) atoms. The van der Waals surface area contributed by atoms with E-state index in [9.17, 15) is 9.90 Å². The van der Waals surface area contributed by atoms with E-state index >= 15 is 0 Å². The van der Waals surface area contributed by atoms with E-state index in [1.54, 1.807) is 0 Å². The molecule has 0 aliphatic heterocycles. The quantitative estimate of drug-likeness (QED) is 0.615.